The second-order valence-electron chi connectivity index (χ2n) is 12.6. The van der Waals surface area contributed by atoms with Crippen molar-refractivity contribution in [1.82, 2.24) is 18.8 Å². The third-order valence-corrected chi connectivity index (χ3v) is 11.5. The molecule has 0 radical (unpaired) electrons. The van der Waals surface area contributed by atoms with Gasteiger partial charge in [0.2, 0.25) is 0 Å². The first-order chi connectivity index (χ1) is 23.3. The molecule has 0 saturated carbocycles. The zero-order valence-corrected chi connectivity index (χ0v) is 29.4. The van der Waals surface area contributed by atoms with Crippen LogP contribution in [0, 0.1) is 12.7 Å². The quantitative estimate of drug-likeness (QED) is 0.346. The van der Waals surface area contributed by atoms with Crippen molar-refractivity contribution in [1.29, 1.82) is 0 Å². The van der Waals surface area contributed by atoms with E-state index < -0.39 is 39.0 Å². The maximum Gasteiger partial charge on any atom is 0.341 e. The Kier molecular flexibility index (Phi) is 9.93. The highest BCUT2D eigenvalue weighted by Gasteiger charge is 2.33. The third kappa shape index (κ3) is 6.61. The Balaban J connectivity index is 1.26. The molecule has 2 saturated heterocycles. The van der Waals surface area contributed by atoms with E-state index in [2.05, 4.69) is 16.8 Å². The number of piperazine rings is 1. The molecule has 2 fully saturated rings. The second kappa shape index (κ2) is 13.9. The molecule has 0 unspecified atom stereocenters. The summed E-state index contributed by atoms with van der Waals surface area (Å²) in [6, 6.07) is 3.91. The molecule has 6 rings (SSSR count). The molecule has 3 aliphatic rings. The Morgan fingerprint density at radius 3 is 2.49 bits per heavy atom. The van der Waals surface area contributed by atoms with E-state index in [4.69, 9.17) is 25.5 Å². The van der Waals surface area contributed by atoms with Gasteiger partial charge in [-0.2, -0.15) is 12.7 Å². The molecule has 1 N–H and O–H groups in total. The van der Waals surface area contributed by atoms with E-state index in [1.807, 2.05) is 17.7 Å². The van der Waals surface area contributed by atoms with Gasteiger partial charge in [0.05, 0.1) is 48.0 Å². The largest absolute Gasteiger partial charge is 0.496 e. The SMILES string of the molecule is COC[C@H]1CN(c2cc(Cl)c3c4c(c(=O)oc3c2C)CN(C(=O)c2cc(OC)c(C(=O)NS(=O)(=O)N3CCCC3)cc2F)CC4)CCN1C. The van der Waals surface area contributed by atoms with Crippen molar-refractivity contribution in [2.45, 2.75) is 38.8 Å². The van der Waals surface area contributed by atoms with Gasteiger partial charge in [-0.05, 0) is 57.0 Å². The second-order valence-corrected chi connectivity index (χ2v) is 14.7. The summed E-state index contributed by atoms with van der Waals surface area (Å²) in [7, 11) is 0.823. The molecule has 16 heteroatoms. The van der Waals surface area contributed by atoms with Gasteiger partial charge in [-0.25, -0.2) is 13.9 Å². The molecule has 1 atom stereocenters. The summed E-state index contributed by atoms with van der Waals surface area (Å²) < 4.78 is 60.3. The summed E-state index contributed by atoms with van der Waals surface area (Å²) in [6.45, 7) is 5.31. The van der Waals surface area contributed by atoms with Crippen LogP contribution in [0.1, 0.15) is 50.2 Å². The Bertz CT molecular complexity index is 1980. The lowest BCUT2D eigenvalue weighted by Gasteiger charge is -2.41. The third-order valence-electron chi connectivity index (χ3n) is 9.70. The van der Waals surface area contributed by atoms with Crippen LogP contribution in [0.5, 0.6) is 5.75 Å². The predicted molar refractivity (Wildman–Crippen MR) is 181 cm³/mol. The first-order valence-electron chi connectivity index (χ1n) is 16.0. The summed E-state index contributed by atoms with van der Waals surface area (Å²) in [6.07, 6.45) is 1.60. The minimum atomic E-state index is -4.13. The molecule has 3 aromatic rings. The van der Waals surface area contributed by atoms with E-state index in [1.165, 1.54) is 12.0 Å². The fourth-order valence-corrected chi connectivity index (χ4v) is 8.46. The van der Waals surface area contributed by atoms with Gasteiger partial charge in [0, 0.05) is 63.0 Å². The van der Waals surface area contributed by atoms with Crippen molar-refractivity contribution >= 4 is 50.3 Å². The Morgan fingerprint density at radius 2 is 1.80 bits per heavy atom. The molecular formula is C33H39ClFN5O8S. The van der Waals surface area contributed by atoms with Gasteiger partial charge in [-0.1, -0.05) is 11.6 Å². The smallest absolute Gasteiger partial charge is 0.341 e. The highest BCUT2D eigenvalue weighted by molar-refractivity contribution is 7.87. The van der Waals surface area contributed by atoms with Crippen LogP contribution >= 0.6 is 11.6 Å². The number of methoxy groups -OCH3 is 2. The number of carbonyl (C=O) groups excluding carboxylic acids is 2. The van der Waals surface area contributed by atoms with E-state index in [9.17, 15) is 22.8 Å². The number of fused-ring (bicyclic) bond motifs is 3. The number of hydrogen-bond acceptors (Lipinski definition) is 10. The van der Waals surface area contributed by atoms with Crippen molar-refractivity contribution in [3.63, 3.8) is 0 Å². The lowest BCUT2D eigenvalue weighted by atomic mass is 9.94. The summed E-state index contributed by atoms with van der Waals surface area (Å²) in [5, 5.41) is 1.04. The number of benzene rings is 2. The molecule has 49 heavy (non-hydrogen) atoms. The average Bonchev–Trinajstić information content (AvgIpc) is 3.63. The van der Waals surface area contributed by atoms with Gasteiger partial charge in [0.15, 0.2) is 0 Å². The van der Waals surface area contributed by atoms with E-state index in [-0.39, 0.29) is 55.5 Å². The molecule has 3 aliphatic heterocycles. The standard InChI is InChI=1S/C33H39ClFN5O8S/c1-19-27(38-12-11-37(2)20(16-38)18-46-3)15-25(34)29-21-7-10-39(17-24(21)33(43)48-30(19)29)32(42)22-14-28(47-4)23(13-26(22)35)31(41)36-49(44,45)40-8-5-6-9-40/h13-15,20H,5-12,16-18H2,1-4H3,(H,36,41)/t20-/m1/s1. The van der Waals surface area contributed by atoms with Crippen LogP contribution < -0.4 is 20.0 Å². The lowest BCUT2D eigenvalue weighted by molar-refractivity contribution is 0.0727. The lowest BCUT2D eigenvalue weighted by Crippen LogP contribution is -2.53. The number of nitrogens with zero attached hydrogens (tertiary/aromatic N) is 4. The molecule has 2 amide bonds. The molecule has 4 heterocycles. The summed E-state index contributed by atoms with van der Waals surface area (Å²) in [5.74, 6) is -3.06. The van der Waals surface area contributed by atoms with Crippen LogP contribution in [0.25, 0.3) is 11.0 Å². The number of nitrogens with one attached hydrogen (secondary N) is 1. The number of likely N-dealkylation sites (N-methyl/N-ethyl adjacent to an activating group) is 1. The molecule has 0 bridgehead atoms. The number of ether oxygens (including phenoxy) is 2. The number of rotatable bonds is 8. The molecule has 13 nitrogen and oxygen atoms in total. The summed E-state index contributed by atoms with van der Waals surface area (Å²) in [4.78, 5) is 45.8. The maximum atomic E-state index is 15.5. The molecule has 264 valence electrons. The fraction of sp³-hybridized carbons (Fsp3) is 0.485. The summed E-state index contributed by atoms with van der Waals surface area (Å²) >= 11 is 6.89. The van der Waals surface area contributed by atoms with Crippen molar-refractivity contribution in [2.75, 3.05) is 72.0 Å². The predicted octanol–water partition coefficient (Wildman–Crippen LogP) is 2.94. The van der Waals surface area contributed by atoms with E-state index in [1.54, 1.807) is 7.11 Å². The average molecular weight is 720 g/mol. The zero-order valence-electron chi connectivity index (χ0n) is 27.8. The maximum absolute atomic E-state index is 15.5. The van der Waals surface area contributed by atoms with Crippen LogP contribution in [0.2, 0.25) is 5.02 Å². The zero-order chi connectivity index (χ0) is 35.2. The van der Waals surface area contributed by atoms with Gasteiger partial charge in [-0.15, -0.1) is 0 Å². The van der Waals surface area contributed by atoms with Gasteiger partial charge in [-0.3, -0.25) is 14.5 Å². The number of halogens is 2. The number of hydrogen-bond donors (Lipinski definition) is 1. The Hall–Kier alpha value is -3.76. The molecule has 0 aliphatic carbocycles. The molecular weight excluding hydrogens is 681 g/mol. The Morgan fingerprint density at radius 1 is 1.06 bits per heavy atom. The first-order valence-corrected chi connectivity index (χ1v) is 17.9. The molecule has 2 aromatic carbocycles. The fourth-order valence-electron chi connectivity index (χ4n) is 6.94. The van der Waals surface area contributed by atoms with E-state index in [0.717, 1.165) is 40.8 Å². The van der Waals surface area contributed by atoms with Crippen LogP contribution in [-0.2, 0) is 27.9 Å². The number of carbonyl (C=O) groups is 2. The number of amides is 2. The summed E-state index contributed by atoms with van der Waals surface area (Å²) in [5.41, 5.74) is 1.57. The minimum Gasteiger partial charge on any atom is -0.496 e. The van der Waals surface area contributed by atoms with Gasteiger partial charge in [0.25, 0.3) is 11.8 Å². The van der Waals surface area contributed by atoms with E-state index in [0.29, 0.717) is 47.5 Å². The minimum absolute atomic E-state index is 0.150. The van der Waals surface area contributed by atoms with Crippen molar-refractivity contribution in [2.24, 2.45) is 0 Å². The van der Waals surface area contributed by atoms with Crippen LogP contribution in [-0.4, -0.2) is 108 Å². The van der Waals surface area contributed by atoms with Gasteiger partial charge >= 0.3 is 15.8 Å². The van der Waals surface area contributed by atoms with Crippen LogP contribution in [0.3, 0.4) is 0 Å². The highest BCUT2D eigenvalue weighted by Crippen LogP contribution is 2.39. The van der Waals surface area contributed by atoms with Crippen LogP contribution in [0.15, 0.2) is 27.4 Å². The number of aryl methyl sites for hydroxylation is 1. The number of anilines is 1. The van der Waals surface area contributed by atoms with Crippen LogP contribution in [0.4, 0.5) is 10.1 Å². The Labute approximate surface area is 288 Å². The molecule has 1 aromatic heterocycles. The van der Waals surface area contributed by atoms with E-state index >= 15 is 4.39 Å². The van der Waals surface area contributed by atoms with Gasteiger partial charge < -0.3 is 23.7 Å². The molecule has 0 spiro atoms. The normalized spacial score (nSPS) is 18.9. The van der Waals surface area contributed by atoms with Crippen molar-refractivity contribution < 1.29 is 36.3 Å². The topological polar surface area (TPSA) is 142 Å². The van der Waals surface area contributed by atoms with Crippen molar-refractivity contribution in [3.05, 3.63) is 67.3 Å². The van der Waals surface area contributed by atoms with Crippen molar-refractivity contribution in [3.8, 4) is 5.75 Å². The monoisotopic (exact) mass is 719 g/mol. The highest BCUT2D eigenvalue weighted by atomic mass is 35.5. The van der Waals surface area contributed by atoms with Gasteiger partial charge in [0.1, 0.15) is 17.1 Å². The first kappa shape index (κ1) is 35.1.